The molecular weight excluding hydrogens is 296 g/mol. The van der Waals surface area contributed by atoms with Crippen LogP contribution < -0.4 is 10.6 Å². The van der Waals surface area contributed by atoms with E-state index in [9.17, 15) is 0 Å². The average molecular weight is 315 g/mol. The van der Waals surface area contributed by atoms with Gasteiger partial charge in [0.25, 0.3) is 0 Å². The van der Waals surface area contributed by atoms with Crippen LogP contribution in [0.2, 0.25) is 5.15 Å². The van der Waals surface area contributed by atoms with E-state index in [4.69, 9.17) is 28.6 Å². The fourth-order valence-electron chi connectivity index (χ4n) is 1.98. The van der Waals surface area contributed by atoms with Gasteiger partial charge in [-0.2, -0.15) is 0 Å². The topological polar surface area (TPSA) is 49.4 Å². The molecule has 0 unspecified atom stereocenters. The molecule has 0 radical (unpaired) electrons. The summed E-state index contributed by atoms with van der Waals surface area (Å²) in [5.41, 5.74) is 0.722. The van der Waals surface area contributed by atoms with Gasteiger partial charge in [0.05, 0.1) is 18.9 Å². The molecule has 2 N–H and O–H groups in total. The van der Waals surface area contributed by atoms with Gasteiger partial charge in [0.1, 0.15) is 0 Å². The largest absolute Gasteiger partial charge is 0.379 e. The van der Waals surface area contributed by atoms with Gasteiger partial charge in [0.2, 0.25) is 0 Å². The molecule has 1 fully saturated rings. The van der Waals surface area contributed by atoms with Gasteiger partial charge in [-0.3, -0.25) is 4.90 Å². The summed E-state index contributed by atoms with van der Waals surface area (Å²) in [6.45, 7) is 5.62. The van der Waals surface area contributed by atoms with Crippen molar-refractivity contribution in [3.8, 4) is 0 Å². The van der Waals surface area contributed by atoms with E-state index in [1.54, 1.807) is 6.20 Å². The molecule has 0 aromatic carbocycles. The quantitative estimate of drug-likeness (QED) is 0.490. The van der Waals surface area contributed by atoms with Crippen LogP contribution in [-0.4, -0.2) is 54.4 Å². The van der Waals surface area contributed by atoms with E-state index >= 15 is 0 Å². The lowest BCUT2D eigenvalue weighted by Crippen LogP contribution is -2.38. The van der Waals surface area contributed by atoms with Gasteiger partial charge < -0.3 is 15.4 Å². The number of rotatable bonds is 5. The first kappa shape index (κ1) is 15.4. The first-order chi connectivity index (χ1) is 9.75. The number of anilines is 1. The number of nitrogens with zero attached hydrogens (tertiary/aromatic N) is 2. The summed E-state index contributed by atoms with van der Waals surface area (Å²) in [5, 5.41) is 7.21. The number of nitrogens with one attached hydrogen (secondary N) is 2. The molecule has 110 valence electrons. The lowest BCUT2D eigenvalue weighted by molar-refractivity contribution is 0.0376. The highest BCUT2D eigenvalue weighted by Crippen LogP contribution is 2.16. The Morgan fingerprint density at radius 2 is 2.25 bits per heavy atom. The van der Waals surface area contributed by atoms with Crippen molar-refractivity contribution in [2.24, 2.45) is 0 Å². The smallest absolute Gasteiger partial charge is 0.170 e. The number of aromatic nitrogens is 1. The maximum atomic E-state index is 5.95. The van der Waals surface area contributed by atoms with Crippen molar-refractivity contribution in [2.45, 2.75) is 6.42 Å². The number of halogens is 1. The van der Waals surface area contributed by atoms with E-state index in [0.717, 1.165) is 51.5 Å². The molecule has 0 amide bonds. The summed E-state index contributed by atoms with van der Waals surface area (Å²) >= 11 is 11.2. The van der Waals surface area contributed by atoms with Crippen molar-refractivity contribution in [3.05, 3.63) is 23.5 Å². The second-order valence-corrected chi connectivity index (χ2v) is 5.30. The number of pyridine rings is 1. The van der Waals surface area contributed by atoms with Crippen LogP contribution in [0.5, 0.6) is 0 Å². The number of hydrogen-bond acceptors (Lipinski definition) is 4. The first-order valence-corrected chi connectivity index (χ1v) is 7.50. The molecule has 0 saturated carbocycles. The Labute approximate surface area is 129 Å². The zero-order chi connectivity index (χ0) is 14.2. The van der Waals surface area contributed by atoms with Crippen molar-refractivity contribution in [2.75, 3.05) is 44.7 Å². The van der Waals surface area contributed by atoms with E-state index < -0.39 is 0 Å². The van der Waals surface area contributed by atoms with Gasteiger partial charge in [0.15, 0.2) is 10.3 Å². The zero-order valence-corrected chi connectivity index (χ0v) is 12.8. The molecular formula is C13H19ClN4OS. The number of ether oxygens (including phenoxy) is 1. The standard InChI is InChI=1S/C13H19ClN4OS/c14-12-11(3-1-4-15-12)17-13(20)16-5-2-6-18-7-9-19-10-8-18/h1,3-4H,2,5-10H2,(H2,16,17,20). The summed E-state index contributed by atoms with van der Waals surface area (Å²) in [6.07, 6.45) is 2.69. The Balaban J connectivity index is 1.61. The fraction of sp³-hybridized carbons (Fsp3) is 0.538. The Kier molecular flexibility index (Phi) is 6.46. The van der Waals surface area contributed by atoms with E-state index in [-0.39, 0.29) is 0 Å². The Morgan fingerprint density at radius 3 is 3.00 bits per heavy atom. The lowest BCUT2D eigenvalue weighted by Gasteiger charge is -2.26. The molecule has 0 bridgehead atoms. The summed E-state index contributed by atoms with van der Waals surface area (Å²) in [6, 6.07) is 3.66. The molecule has 7 heteroatoms. The van der Waals surface area contributed by atoms with E-state index in [2.05, 4.69) is 20.5 Å². The van der Waals surface area contributed by atoms with Gasteiger partial charge in [-0.25, -0.2) is 4.98 Å². The minimum Gasteiger partial charge on any atom is -0.379 e. The molecule has 2 rings (SSSR count). The molecule has 1 aliphatic rings. The van der Waals surface area contributed by atoms with Crippen molar-refractivity contribution in [1.82, 2.24) is 15.2 Å². The van der Waals surface area contributed by atoms with Crippen LogP contribution in [0.4, 0.5) is 5.69 Å². The Bertz CT molecular complexity index is 440. The van der Waals surface area contributed by atoms with Gasteiger partial charge in [-0.15, -0.1) is 0 Å². The van der Waals surface area contributed by atoms with Gasteiger partial charge in [0, 0.05) is 25.8 Å². The maximum Gasteiger partial charge on any atom is 0.170 e. The third-order valence-electron chi connectivity index (χ3n) is 3.05. The predicted octanol–water partition coefficient (Wildman–Crippen LogP) is 1.74. The molecule has 5 nitrogen and oxygen atoms in total. The van der Waals surface area contributed by atoms with Crippen LogP contribution in [0.25, 0.3) is 0 Å². The van der Waals surface area contributed by atoms with Crippen molar-refractivity contribution in [3.63, 3.8) is 0 Å². The molecule has 20 heavy (non-hydrogen) atoms. The summed E-state index contributed by atoms with van der Waals surface area (Å²) in [4.78, 5) is 6.39. The number of thiocarbonyl (C=S) groups is 1. The van der Waals surface area contributed by atoms with E-state index in [0.29, 0.717) is 10.3 Å². The second-order valence-electron chi connectivity index (χ2n) is 4.53. The van der Waals surface area contributed by atoms with Crippen LogP contribution in [0.1, 0.15) is 6.42 Å². The second kappa shape index (κ2) is 8.36. The highest BCUT2D eigenvalue weighted by molar-refractivity contribution is 7.80. The minimum atomic E-state index is 0.421. The van der Waals surface area contributed by atoms with Gasteiger partial charge in [-0.1, -0.05) is 11.6 Å². The molecule has 0 atom stereocenters. The molecule has 2 heterocycles. The molecule has 1 aromatic rings. The van der Waals surface area contributed by atoms with Crippen molar-refractivity contribution in [1.29, 1.82) is 0 Å². The third kappa shape index (κ3) is 5.20. The zero-order valence-electron chi connectivity index (χ0n) is 11.3. The highest BCUT2D eigenvalue weighted by atomic mass is 35.5. The Hall–Kier alpha value is -0.950. The monoisotopic (exact) mass is 314 g/mol. The average Bonchev–Trinajstić information content (AvgIpc) is 2.47. The summed E-state index contributed by atoms with van der Waals surface area (Å²) < 4.78 is 5.32. The molecule has 0 aliphatic carbocycles. The van der Waals surface area contributed by atoms with Crippen molar-refractivity contribution < 1.29 is 4.74 Å². The van der Waals surface area contributed by atoms with E-state index in [1.165, 1.54) is 0 Å². The number of morpholine rings is 1. The van der Waals surface area contributed by atoms with Crippen LogP contribution >= 0.6 is 23.8 Å². The molecule has 1 aliphatic heterocycles. The number of hydrogen-bond donors (Lipinski definition) is 2. The summed E-state index contributed by atoms with van der Waals surface area (Å²) in [5.74, 6) is 0. The van der Waals surface area contributed by atoms with Crippen LogP contribution in [-0.2, 0) is 4.74 Å². The third-order valence-corrected chi connectivity index (χ3v) is 3.60. The van der Waals surface area contributed by atoms with E-state index in [1.807, 2.05) is 12.1 Å². The minimum absolute atomic E-state index is 0.421. The fourth-order valence-corrected chi connectivity index (χ4v) is 2.35. The van der Waals surface area contributed by atoms with Gasteiger partial charge in [-0.05, 0) is 37.3 Å². The summed E-state index contributed by atoms with van der Waals surface area (Å²) in [7, 11) is 0. The maximum absolute atomic E-state index is 5.95. The SMILES string of the molecule is S=C(NCCCN1CCOCC1)Nc1cccnc1Cl. The highest BCUT2D eigenvalue weighted by Gasteiger charge is 2.09. The van der Waals surface area contributed by atoms with Crippen LogP contribution in [0.3, 0.4) is 0 Å². The van der Waals surface area contributed by atoms with Crippen LogP contribution in [0.15, 0.2) is 18.3 Å². The first-order valence-electron chi connectivity index (χ1n) is 6.71. The molecule has 0 spiro atoms. The predicted molar refractivity (Wildman–Crippen MR) is 85.3 cm³/mol. The normalized spacial score (nSPS) is 15.8. The van der Waals surface area contributed by atoms with Crippen molar-refractivity contribution >= 4 is 34.6 Å². The van der Waals surface area contributed by atoms with Gasteiger partial charge >= 0.3 is 0 Å². The molecule has 1 aromatic heterocycles. The Morgan fingerprint density at radius 1 is 1.45 bits per heavy atom. The van der Waals surface area contributed by atoms with Crippen LogP contribution in [0, 0.1) is 0 Å². The molecule has 1 saturated heterocycles. The lowest BCUT2D eigenvalue weighted by atomic mass is 10.3.